The minimum atomic E-state index is -4.79. The number of hydrogen-bond acceptors (Lipinski definition) is 4. The van der Waals surface area contributed by atoms with Gasteiger partial charge in [0.1, 0.15) is 22.9 Å². The van der Waals surface area contributed by atoms with Crippen molar-refractivity contribution in [1.29, 1.82) is 0 Å². The van der Waals surface area contributed by atoms with Crippen molar-refractivity contribution in [2.45, 2.75) is 32.0 Å². The van der Waals surface area contributed by atoms with E-state index in [1.807, 2.05) is 4.90 Å². The molecule has 0 bridgehead atoms. The number of halogens is 5. The summed E-state index contributed by atoms with van der Waals surface area (Å²) in [7, 11) is 0. The van der Waals surface area contributed by atoms with Crippen LogP contribution in [0.5, 0.6) is 5.75 Å². The van der Waals surface area contributed by atoms with Crippen LogP contribution in [0.1, 0.15) is 36.0 Å². The molecule has 2 fully saturated rings. The van der Waals surface area contributed by atoms with Crippen LogP contribution in [-0.2, 0) is 4.79 Å². The maximum Gasteiger partial charge on any atom is 0.573 e. The third kappa shape index (κ3) is 6.31. The van der Waals surface area contributed by atoms with E-state index in [1.54, 1.807) is 0 Å². The van der Waals surface area contributed by atoms with Crippen LogP contribution in [-0.4, -0.2) is 60.7 Å². The fourth-order valence-corrected chi connectivity index (χ4v) is 5.04. The van der Waals surface area contributed by atoms with Crippen molar-refractivity contribution in [3.63, 3.8) is 0 Å². The first-order valence-electron chi connectivity index (χ1n) is 11.6. The van der Waals surface area contributed by atoms with Crippen molar-refractivity contribution in [1.82, 2.24) is 9.80 Å². The fraction of sp³-hybridized carbons (Fsp3) is 0.440. The number of carbonyl (C=O) groups is 2. The van der Waals surface area contributed by atoms with E-state index in [9.17, 15) is 31.5 Å². The van der Waals surface area contributed by atoms with E-state index in [-0.39, 0.29) is 23.6 Å². The van der Waals surface area contributed by atoms with Crippen molar-refractivity contribution in [3.8, 4) is 5.75 Å². The lowest BCUT2D eigenvalue weighted by atomic mass is 9.72. The summed E-state index contributed by atoms with van der Waals surface area (Å²) >= 11 is 0. The van der Waals surface area contributed by atoms with E-state index in [0.29, 0.717) is 38.2 Å². The Bertz CT molecular complexity index is 1080. The zero-order valence-electron chi connectivity index (χ0n) is 19.4. The van der Waals surface area contributed by atoms with E-state index in [4.69, 9.17) is 0 Å². The van der Waals surface area contributed by atoms with E-state index in [0.717, 1.165) is 43.7 Å². The predicted molar refractivity (Wildman–Crippen MR) is 121 cm³/mol. The number of likely N-dealkylation sites (tertiary alicyclic amines) is 2. The first kappa shape index (κ1) is 25.9. The zero-order chi connectivity index (χ0) is 25.9. The second-order valence-corrected chi connectivity index (χ2v) is 9.32. The van der Waals surface area contributed by atoms with Crippen LogP contribution >= 0.6 is 0 Å². The highest BCUT2D eigenvalue weighted by Gasteiger charge is 2.40. The van der Waals surface area contributed by atoms with Gasteiger partial charge in [-0.2, -0.15) is 0 Å². The molecule has 1 N–H and O–H groups in total. The van der Waals surface area contributed by atoms with Crippen molar-refractivity contribution < 1.29 is 36.3 Å². The van der Waals surface area contributed by atoms with Gasteiger partial charge in [-0.3, -0.25) is 14.5 Å². The molecule has 11 heteroatoms. The Morgan fingerprint density at radius 1 is 0.944 bits per heavy atom. The number of anilines is 1. The minimum Gasteiger partial charge on any atom is -0.406 e. The van der Waals surface area contributed by atoms with Gasteiger partial charge in [0.05, 0.1) is 6.54 Å². The molecule has 2 saturated heterocycles. The van der Waals surface area contributed by atoms with E-state index >= 15 is 0 Å². The number of ether oxygens (including phenoxy) is 1. The molecule has 36 heavy (non-hydrogen) atoms. The highest BCUT2D eigenvalue weighted by molar-refractivity contribution is 5.95. The summed E-state index contributed by atoms with van der Waals surface area (Å²) in [5, 5.41) is 2.68. The van der Waals surface area contributed by atoms with Gasteiger partial charge in [-0.15, -0.1) is 13.2 Å². The van der Waals surface area contributed by atoms with Crippen molar-refractivity contribution in [2.24, 2.45) is 5.41 Å². The molecular formula is C25H26F5N3O3. The lowest BCUT2D eigenvalue weighted by Gasteiger charge is -2.47. The third-order valence-corrected chi connectivity index (χ3v) is 6.77. The standard InChI is InChI=1S/C25H26F5N3O3/c26-19-3-1-4-20(27)22(19)23(35)33-13-10-24(11-14-33)9-2-12-32(16-24)15-21(34)31-17-5-7-18(8-6-17)36-25(28,29)30/h1,3-8H,2,9-16H2,(H,31,34). The molecule has 2 heterocycles. The molecule has 0 unspecified atom stereocenters. The number of nitrogens with zero attached hydrogens (tertiary/aromatic N) is 2. The molecule has 2 aromatic carbocycles. The number of rotatable bonds is 5. The van der Waals surface area contributed by atoms with Crippen LogP contribution in [0.25, 0.3) is 0 Å². The molecule has 4 rings (SSSR count). The maximum atomic E-state index is 14.0. The molecule has 2 aliphatic heterocycles. The van der Waals surface area contributed by atoms with E-state index in [1.165, 1.54) is 23.1 Å². The van der Waals surface area contributed by atoms with Gasteiger partial charge >= 0.3 is 6.36 Å². The molecule has 2 amide bonds. The van der Waals surface area contributed by atoms with Crippen molar-refractivity contribution in [3.05, 3.63) is 59.7 Å². The summed E-state index contributed by atoms with van der Waals surface area (Å²) in [6.07, 6.45) is -1.66. The monoisotopic (exact) mass is 511 g/mol. The van der Waals surface area contributed by atoms with Gasteiger partial charge in [-0.25, -0.2) is 8.78 Å². The Kier molecular flexibility index (Phi) is 7.49. The number of benzene rings is 2. The van der Waals surface area contributed by atoms with Crippen LogP contribution < -0.4 is 10.1 Å². The Hall–Kier alpha value is -3.21. The molecule has 0 atom stereocenters. The maximum absolute atomic E-state index is 14.0. The molecule has 2 aromatic rings. The SMILES string of the molecule is O=C(CN1CCCC2(CCN(C(=O)c3c(F)cccc3F)CC2)C1)Nc1ccc(OC(F)(F)F)cc1. The molecule has 0 aliphatic carbocycles. The average Bonchev–Trinajstić information content (AvgIpc) is 2.80. The highest BCUT2D eigenvalue weighted by atomic mass is 19.4. The first-order valence-corrected chi connectivity index (χ1v) is 11.6. The fourth-order valence-electron chi connectivity index (χ4n) is 5.04. The molecule has 1 spiro atoms. The van der Waals surface area contributed by atoms with Crippen LogP contribution in [0.4, 0.5) is 27.6 Å². The topological polar surface area (TPSA) is 61.9 Å². The molecular weight excluding hydrogens is 485 g/mol. The third-order valence-electron chi connectivity index (χ3n) is 6.77. The number of piperidine rings is 2. The highest BCUT2D eigenvalue weighted by Crippen LogP contribution is 2.40. The second-order valence-electron chi connectivity index (χ2n) is 9.32. The summed E-state index contributed by atoms with van der Waals surface area (Å²) in [5.74, 6) is -3.07. The quantitative estimate of drug-likeness (QED) is 0.585. The van der Waals surface area contributed by atoms with Gasteiger partial charge in [-0.05, 0) is 74.0 Å². The average molecular weight is 511 g/mol. The summed E-state index contributed by atoms with van der Waals surface area (Å²) in [6.45, 7) is 2.23. The van der Waals surface area contributed by atoms with Crippen molar-refractivity contribution in [2.75, 3.05) is 38.0 Å². The Morgan fingerprint density at radius 3 is 2.19 bits per heavy atom. The van der Waals surface area contributed by atoms with Gasteiger partial charge in [0, 0.05) is 25.3 Å². The van der Waals surface area contributed by atoms with Gasteiger partial charge in [0.2, 0.25) is 5.91 Å². The summed E-state index contributed by atoms with van der Waals surface area (Å²) in [6, 6.07) is 8.27. The van der Waals surface area contributed by atoms with Gasteiger partial charge in [0.25, 0.3) is 5.91 Å². The second kappa shape index (κ2) is 10.4. The smallest absolute Gasteiger partial charge is 0.406 e. The van der Waals surface area contributed by atoms with Crippen molar-refractivity contribution >= 4 is 17.5 Å². The largest absolute Gasteiger partial charge is 0.573 e. The Morgan fingerprint density at radius 2 is 1.58 bits per heavy atom. The number of amides is 2. The molecule has 0 saturated carbocycles. The Labute approximate surface area is 205 Å². The molecule has 0 radical (unpaired) electrons. The summed E-state index contributed by atoms with van der Waals surface area (Å²) in [5.41, 5.74) is -0.276. The molecule has 6 nitrogen and oxygen atoms in total. The molecule has 2 aliphatic rings. The number of nitrogens with one attached hydrogen (secondary N) is 1. The zero-order valence-corrected chi connectivity index (χ0v) is 19.4. The number of alkyl halides is 3. The van der Waals surface area contributed by atoms with E-state index in [2.05, 4.69) is 10.1 Å². The molecule has 0 aromatic heterocycles. The molecule has 194 valence electrons. The number of hydrogen-bond donors (Lipinski definition) is 1. The first-order chi connectivity index (χ1) is 17.0. The summed E-state index contributed by atoms with van der Waals surface area (Å²) < 4.78 is 68.8. The van der Waals surface area contributed by atoms with E-state index < -0.39 is 29.5 Å². The van der Waals surface area contributed by atoms with Crippen LogP contribution in [0, 0.1) is 17.0 Å². The van der Waals surface area contributed by atoms with Crippen LogP contribution in [0.2, 0.25) is 0 Å². The lowest BCUT2D eigenvalue weighted by Crippen LogP contribution is -2.52. The normalized spacial score (nSPS) is 18.2. The number of carbonyl (C=O) groups excluding carboxylic acids is 2. The Balaban J connectivity index is 1.29. The van der Waals surface area contributed by atoms with Gasteiger partial charge in [0.15, 0.2) is 0 Å². The van der Waals surface area contributed by atoms with Crippen LogP contribution in [0.3, 0.4) is 0 Å². The van der Waals surface area contributed by atoms with Gasteiger partial charge in [-0.1, -0.05) is 6.07 Å². The summed E-state index contributed by atoms with van der Waals surface area (Å²) in [4.78, 5) is 28.7. The van der Waals surface area contributed by atoms with Crippen LogP contribution in [0.15, 0.2) is 42.5 Å². The predicted octanol–water partition coefficient (Wildman–Crippen LogP) is 4.82. The van der Waals surface area contributed by atoms with Gasteiger partial charge < -0.3 is 15.0 Å². The minimum absolute atomic E-state index is 0.0976. The lowest BCUT2D eigenvalue weighted by molar-refractivity contribution is -0.274.